The quantitative estimate of drug-likeness (QED) is 0.551. The normalized spacial score (nSPS) is 6.86. The molecule has 0 saturated heterocycles. The van der Waals surface area contributed by atoms with Crippen molar-refractivity contribution in [2.45, 2.75) is 0 Å². The van der Waals surface area contributed by atoms with E-state index in [1.807, 2.05) is 18.2 Å². The van der Waals surface area contributed by atoms with E-state index in [1.165, 1.54) is 0 Å². The number of pyridine rings is 1. The Kier molecular flexibility index (Phi) is 3.88. The zero-order valence-corrected chi connectivity index (χ0v) is 5.20. The largest absolute Gasteiger partial charge is 2.00 e. The molecular weight excluding hydrogens is 180 g/mol. The Balaban J connectivity index is 0.000000360. The van der Waals surface area contributed by atoms with Gasteiger partial charge in [-0.05, 0) is 12.1 Å². The van der Waals surface area contributed by atoms with E-state index in [1.54, 1.807) is 12.4 Å². The van der Waals surface area contributed by atoms with Gasteiger partial charge in [-0.3, -0.25) is 4.98 Å². The van der Waals surface area contributed by atoms with Crippen LogP contribution in [-0.4, -0.2) is 4.98 Å². The van der Waals surface area contributed by atoms with Gasteiger partial charge in [0.05, 0.1) is 0 Å². The zero-order valence-electron chi connectivity index (χ0n) is 3.65. The molecule has 0 bridgehead atoms. The third-order valence-electron chi connectivity index (χ3n) is 0.566. The average molecular weight is 186 g/mol. The van der Waals surface area contributed by atoms with Gasteiger partial charge in [0.1, 0.15) is 0 Å². The van der Waals surface area contributed by atoms with E-state index in [0.29, 0.717) is 0 Å². The summed E-state index contributed by atoms with van der Waals surface area (Å²) in [6.45, 7) is 0. The fourth-order valence-electron chi connectivity index (χ4n) is 0.313. The summed E-state index contributed by atoms with van der Waals surface area (Å²) in [5.74, 6) is 0. The molecule has 1 aromatic heterocycles. The molecule has 0 aliphatic heterocycles. The SMILES string of the molecule is [Pd+2].c1ccncc1. The number of hydrogen-bond donors (Lipinski definition) is 0. The van der Waals surface area contributed by atoms with E-state index in [0.717, 1.165) is 0 Å². The molecule has 2 heteroatoms. The maximum Gasteiger partial charge on any atom is 2.00 e. The van der Waals surface area contributed by atoms with Crippen LogP contribution in [0.4, 0.5) is 0 Å². The first-order valence-electron chi connectivity index (χ1n) is 1.85. The summed E-state index contributed by atoms with van der Waals surface area (Å²) in [5.41, 5.74) is 0. The molecule has 7 heavy (non-hydrogen) atoms. The van der Waals surface area contributed by atoms with E-state index in [2.05, 4.69) is 4.98 Å². The van der Waals surface area contributed by atoms with E-state index in [-0.39, 0.29) is 20.4 Å². The molecule has 0 atom stereocenters. The molecule has 38 valence electrons. The third kappa shape index (κ3) is 2.50. The summed E-state index contributed by atoms with van der Waals surface area (Å²) >= 11 is 0. The van der Waals surface area contributed by atoms with Gasteiger partial charge < -0.3 is 0 Å². The van der Waals surface area contributed by atoms with Gasteiger partial charge in [-0.25, -0.2) is 0 Å². The molecule has 0 N–H and O–H groups in total. The van der Waals surface area contributed by atoms with Crippen LogP contribution in [0.3, 0.4) is 0 Å². The summed E-state index contributed by atoms with van der Waals surface area (Å²) in [5, 5.41) is 0. The van der Waals surface area contributed by atoms with Crippen molar-refractivity contribution in [3.63, 3.8) is 0 Å². The summed E-state index contributed by atoms with van der Waals surface area (Å²) < 4.78 is 0. The van der Waals surface area contributed by atoms with Crippen molar-refractivity contribution in [1.29, 1.82) is 0 Å². The van der Waals surface area contributed by atoms with Crippen molar-refractivity contribution < 1.29 is 20.4 Å². The van der Waals surface area contributed by atoms with Crippen molar-refractivity contribution in [2.75, 3.05) is 0 Å². The Morgan fingerprint density at radius 1 is 0.857 bits per heavy atom. The van der Waals surface area contributed by atoms with E-state index < -0.39 is 0 Å². The van der Waals surface area contributed by atoms with Crippen LogP contribution in [0.5, 0.6) is 0 Å². The second kappa shape index (κ2) is 3.98. The van der Waals surface area contributed by atoms with Crippen molar-refractivity contribution in [3.05, 3.63) is 30.6 Å². The fraction of sp³-hybridized carbons (Fsp3) is 0. The van der Waals surface area contributed by atoms with Crippen LogP contribution < -0.4 is 0 Å². The predicted octanol–water partition coefficient (Wildman–Crippen LogP) is 1.08. The molecule has 0 radical (unpaired) electrons. The van der Waals surface area contributed by atoms with Gasteiger partial charge in [-0.15, -0.1) is 0 Å². The summed E-state index contributed by atoms with van der Waals surface area (Å²) in [6.07, 6.45) is 3.50. The second-order valence-electron chi connectivity index (χ2n) is 1.02. The molecule has 1 heterocycles. The molecule has 0 amide bonds. The molecule has 0 saturated carbocycles. The van der Waals surface area contributed by atoms with E-state index >= 15 is 0 Å². The van der Waals surface area contributed by atoms with Gasteiger partial charge in [0.15, 0.2) is 0 Å². The van der Waals surface area contributed by atoms with Crippen molar-refractivity contribution in [3.8, 4) is 0 Å². The molecule has 1 nitrogen and oxygen atoms in total. The standard InChI is InChI=1S/C5H5N.Pd/c1-2-4-6-5-3-1;/h1-5H;/q;+2. The predicted molar refractivity (Wildman–Crippen MR) is 24.2 cm³/mol. The van der Waals surface area contributed by atoms with Gasteiger partial charge in [-0.2, -0.15) is 0 Å². The minimum absolute atomic E-state index is 0. The Labute approximate surface area is 56.4 Å². The number of rotatable bonds is 0. The molecule has 1 rings (SSSR count). The molecule has 0 aliphatic rings. The molecule has 1 aromatic rings. The smallest absolute Gasteiger partial charge is 0.265 e. The first-order valence-corrected chi connectivity index (χ1v) is 1.85. The van der Waals surface area contributed by atoms with Crippen LogP contribution in [0, 0.1) is 0 Å². The minimum atomic E-state index is 0. The Hall–Kier alpha value is -0.188. The summed E-state index contributed by atoms with van der Waals surface area (Å²) in [6, 6.07) is 5.72. The number of hydrogen-bond acceptors (Lipinski definition) is 1. The van der Waals surface area contributed by atoms with Crippen LogP contribution in [0.15, 0.2) is 30.6 Å². The number of aromatic nitrogens is 1. The van der Waals surface area contributed by atoms with Gasteiger partial charge in [0, 0.05) is 12.4 Å². The van der Waals surface area contributed by atoms with Gasteiger partial charge >= 0.3 is 20.4 Å². The fourth-order valence-corrected chi connectivity index (χ4v) is 0.313. The molecule has 0 aliphatic carbocycles. The summed E-state index contributed by atoms with van der Waals surface area (Å²) in [4.78, 5) is 3.78. The zero-order chi connectivity index (χ0) is 4.24. The third-order valence-corrected chi connectivity index (χ3v) is 0.566. The average Bonchev–Trinajstić information content (AvgIpc) is 1.72. The van der Waals surface area contributed by atoms with Crippen molar-refractivity contribution in [2.24, 2.45) is 0 Å². The van der Waals surface area contributed by atoms with E-state index in [4.69, 9.17) is 0 Å². The Bertz CT molecular complexity index is 80.0. The van der Waals surface area contributed by atoms with Crippen LogP contribution in [0.1, 0.15) is 0 Å². The van der Waals surface area contributed by atoms with Crippen molar-refractivity contribution >= 4 is 0 Å². The van der Waals surface area contributed by atoms with Gasteiger partial charge in [0.25, 0.3) is 0 Å². The molecule has 0 fully saturated rings. The van der Waals surface area contributed by atoms with Crippen LogP contribution in [0.25, 0.3) is 0 Å². The summed E-state index contributed by atoms with van der Waals surface area (Å²) in [7, 11) is 0. The van der Waals surface area contributed by atoms with Crippen LogP contribution in [-0.2, 0) is 20.4 Å². The monoisotopic (exact) mass is 185 g/mol. The molecule has 0 aromatic carbocycles. The first-order chi connectivity index (χ1) is 3.00. The van der Waals surface area contributed by atoms with Crippen LogP contribution in [0.2, 0.25) is 0 Å². The molecular formula is C5H5NPd+2. The van der Waals surface area contributed by atoms with Gasteiger partial charge in [0.2, 0.25) is 0 Å². The maximum atomic E-state index is 3.78. The van der Waals surface area contributed by atoms with Crippen LogP contribution >= 0.6 is 0 Å². The number of nitrogens with zero attached hydrogens (tertiary/aromatic N) is 1. The topological polar surface area (TPSA) is 12.9 Å². The second-order valence-corrected chi connectivity index (χ2v) is 1.02. The Morgan fingerprint density at radius 3 is 1.57 bits per heavy atom. The first kappa shape index (κ1) is 6.81. The van der Waals surface area contributed by atoms with E-state index in [9.17, 15) is 0 Å². The van der Waals surface area contributed by atoms with Gasteiger partial charge in [-0.1, -0.05) is 6.07 Å². The minimum Gasteiger partial charge on any atom is -0.265 e. The molecule has 0 spiro atoms. The van der Waals surface area contributed by atoms with Crippen molar-refractivity contribution in [1.82, 2.24) is 4.98 Å². The molecule has 0 unspecified atom stereocenters. The maximum absolute atomic E-state index is 3.78. The Morgan fingerprint density at radius 2 is 1.43 bits per heavy atom.